The largest absolute Gasteiger partial charge is 0.465 e. The molecule has 1 amide bonds. The van der Waals surface area contributed by atoms with Gasteiger partial charge in [0.25, 0.3) is 0 Å². The van der Waals surface area contributed by atoms with Crippen molar-refractivity contribution >= 4 is 6.09 Å². The van der Waals surface area contributed by atoms with E-state index in [-0.39, 0.29) is 6.10 Å². The van der Waals surface area contributed by atoms with E-state index < -0.39 is 6.09 Å². The number of ether oxygens (including phenoxy) is 1. The number of carbonyl (C=O) groups is 1. The fourth-order valence-electron chi connectivity index (χ4n) is 1.81. The molecule has 6 heteroatoms. The van der Waals surface area contributed by atoms with Gasteiger partial charge in [0.2, 0.25) is 0 Å². The zero-order chi connectivity index (χ0) is 14.1. The van der Waals surface area contributed by atoms with E-state index in [1.165, 1.54) is 0 Å². The lowest BCUT2D eigenvalue weighted by Gasteiger charge is -2.28. The molecule has 0 aliphatic carbocycles. The van der Waals surface area contributed by atoms with Gasteiger partial charge in [-0.2, -0.15) is 0 Å². The van der Waals surface area contributed by atoms with Gasteiger partial charge in [-0.15, -0.1) is 0 Å². The monoisotopic (exact) mass is 268 g/mol. The standard InChI is InChI=1S/C12H17NO2.CH3NO2/c14-12(11-4-2-1-3-5-11)10-13-6-8-15-9-7-13;2-1(3)4/h1-5,12,14H,6-10H2;2H2,(H,3,4). The summed E-state index contributed by atoms with van der Waals surface area (Å²) in [5, 5.41) is 17.2. The molecule has 1 aromatic rings. The first-order valence-electron chi connectivity index (χ1n) is 6.11. The SMILES string of the molecule is NC(=O)O.OC(CN1CCOCC1)c1ccccc1. The Balaban J connectivity index is 0.000000399. The third kappa shape index (κ3) is 6.76. The van der Waals surface area contributed by atoms with Gasteiger partial charge in [0.05, 0.1) is 19.3 Å². The Kier molecular flexibility index (Phi) is 6.88. The smallest absolute Gasteiger partial charge is 0.402 e. The minimum Gasteiger partial charge on any atom is -0.465 e. The van der Waals surface area contributed by atoms with Crippen LogP contribution >= 0.6 is 0 Å². The highest BCUT2D eigenvalue weighted by atomic mass is 16.5. The molecule has 2 rings (SSSR count). The second-order valence-corrected chi connectivity index (χ2v) is 4.18. The van der Waals surface area contributed by atoms with Crippen molar-refractivity contribution in [1.29, 1.82) is 0 Å². The summed E-state index contributed by atoms with van der Waals surface area (Å²) in [6, 6.07) is 9.80. The van der Waals surface area contributed by atoms with Gasteiger partial charge in [-0.05, 0) is 5.56 Å². The van der Waals surface area contributed by atoms with E-state index in [1.54, 1.807) is 0 Å². The summed E-state index contributed by atoms with van der Waals surface area (Å²) in [7, 11) is 0. The lowest BCUT2D eigenvalue weighted by molar-refractivity contribution is 0.0143. The number of primary amides is 1. The van der Waals surface area contributed by atoms with Crippen molar-refractivity contribution in [2.24, 2.45) is 5.73 Å². The summed E-state index contributed by atoms with van der Waals surface area (Å²) in [5.41, 5.74) is 5.02. The molecular formula is C13H20N2O4. The molecule has 0 radical (unpaired) electrons. The summed E-state index contributed by atoms with van der Waals surface area (Å²) in [6.45, 7) is 4.10. The molecular weight excluding hydrogens is 248 g/mol. The highest BCUT2D eigenvalue weighted by Crippen LogP contribution is 2.14. The first-order valence-corrected chi connectivity index (χ1v) is 6.11. The van der Waals surface area contributed by atoms with Crippen molar-refractivity contribution in [3.05, 3.63) is 35.9 Å². The molecule has 1 aromatic carbocycles. The van der Waals surface area contributed by atoms with E-state index >= 15 is 0 Å². The Labute approximate surface area is 112 Å². The lowest BCUT2D eigenvalue weighted by atomic mass is 10.1. The zero-order valence-electron chi connectivity index (χ0n) is 10.7. The number of morpholine rings is 1. The number of amides is 1. The molecule has 1 aliphatic heterocycles. The number of carboxylic acid groups (broad SMARTS) is 1. The number of aliphatic hydroxyl groups is 1. The average Bonchev–Trinajstić information content (AvgIpc) is 2.40. The van der Waals surface area contributed by atoms with Crippen LogP contribution in [-0.4, -0.2) is 54.1 Å². The highest BCUT2D eigenvalue weighted by molar-refractivity contribution is 5.61. The van der Waals surface area contributed by atoms with Gasteiger partial charge in [0, 0.05) is 19.6 Å². The number of β-amino-alcohol motifs (C(OH)–C–C–N with tert-alkyl or cyclic N) is 1. The topological polar surface area (TPSA) is 96.0 Å². The highest BCUT2D eigenvalue weighted by Gasteiger charge is 2.15. The Bertz CT molecular complexity index is 362. The summed E-state index contributed by atoms with van der Waals surface area (Å²) in [4.78, 5) is 11.0. The second kappa shape index (κ2) is 8.47. The Morgan fingerprint density at radius 3 is 2.37 bits per heavy atom. The second-order valence-electron chi connectivity index (χ2n) is 4.18. The number of nitrogens with zero attached hydrogens (tertiary/aromatic N) is 1. The van der Waals surface area contributed by atoms with Gasteiger partial charge < -0.3 is 20.7 Å². The quantitative estimate of drug-likeness (QED) is 0.749. The van der Waals surface area contributed by atoms with Gasteiger partial charge in [0.15, 0.2) is 0 Å². The summed E-state index contributed by atoms with van der Waals surface area (Å²) >= 11 is 0. The first-order chi connectivity index (χ1) is 9.09. The zero-order valence-corrected chi connectivity index (χ0v) is 10.7. The number of aliphatic hydroxyl groups excluding tert-OH is 1. The van der Waals surface area contributed by atoms with Crippen LogP contribution in [0.5, 0.6) is 0 Å². The fraction of sp³-hybridized carbons (Fsp3) is 0.462. The third-order valence-corrected chi connectivity index (χ3v) is 2.72. The van der Waals surface area contributed by atoms with Crippen LogP contribution in [0, 0.1) is 0 Å². The summed E-state index contributed by atoms with van der Waals surface area (Å²) in [5.74, 6) is 0. The maximum Gasteiger partial charge on any atom is 0.402 e. The maximum atomic E-state index is 9.99. The lowest BCUT2D eigenvalue weighted by Crippen LogP contribution is -2.38. The van der Waals surface area contributed by atoms with Crippen molar-refractivity contribution in [2.45, 2.75) is 6.10 Å². The van der Waals surface area contributed by atoms with Gasteiger partial charge in [0.1, 0.15) is 0 Å². The summed E-state index contributed by atoms with van der Waals surface area (Å²) < 4.78 is 5.26. The van der Waals surface area contributed by atoms with Gasteiger partial charge in [-0.25, -0.2) is 4.79 Å². The third-order valence-electron chi connectivity index (χ3n) is 2.72. The number of nitrogens with two attached hydrogens (primary N) is 1. The maximum absolute atomic E-state index is 9.99. The minimum atomic E-state index is -1.33. The number of benzene rings is 1. The van der Waals surface area contributed by atoms with E-state index in [9.17, 15) is 5.11 Å². The van der Waals surface area contributed by atoms with E-state index in [0.717, 1.165) is 31.9 Å². The predicted molar refractivity (Wildman–Crippen MR) is 70.9 cm³/mol. The van der Waals surface area contributed by atoms with Crippen molar-refractivity contribution in [3.8, 4) is 0 Å². The minimum absolute atomic E-state index is 0.385. The number of hydrogen-bond donors (Lipinski definition) is 3. The molecule has 1 heterocycles. The van der Waals surface area contributed by atoms with Gasteiger partial charge >= 0.3 is 6.09 Å². The molecule has 0 spiro atoms. The molecule has 0 aromatic heterocycles. The molecule has 106 valence electrons. The van der Waals surface area contributed by atoms with Gasteiger partial charge in [-0.1, -0.05) is 30.3 Å². The van der Waals surface area contributed by atoms with E-state index in [2.05, 4.69) is 10.6 Å². The number of hydrogen-bond acceptors (Lipinski definition) is 4. The molecule has 19 heavy (non-hydrogen) atoms. The molecule has 1 atom stereocenters. The Hall–Kier alpha value is -1.63. The van der Waals surface area contributed by atoms with Crippen molar-refractivity contribution in [3.63, 3.8) is 0 Å². The predicted octanol–water partition coefficient (Wildman–Crippen LogP) is 0.675. The van der Waals surface area contributed by atoms with Crippen LogP contribution in [-0.2, 0) is 4.74 Å². The normalized spacial score (nSPS) is 17.1. The fourth-order valence-corrected chi connectivity index (χ4v) is 1.81. The average molecular weight is 268 g/mol. The van der Waals surface area contributed by atoms with Crippen LogP contribution in [0.15, 0.2) is 30.3 Å². The van der Waals surface area contributed by atoms with Crippen LogP contribution < -0.4 is 5.73 Å². The van der Waals surface area contributed by atoms with Crippen LogP contribution in [0.25, 0.3) is 0 Å². The Morgan fingerprint density at radius 1 is 1.32 bits per heavy atom. The molecule has 6 nitrogen and oxygen atoms in total. The van der Waals surface area contributed by atoms with Crippen LogP contribution in [0.4, 0.5) is 4.79 Å². The van der Waals surface area contributed by atoms with Crippen molar-refractivity contribution < 1.29 is 19.7 Å². The van der Waals surface area contributed by atoms with Crippen LogP contribution in [0.2, 0.25) is 0 Å². The van der Waals surface area contributed by atoms with Crippen LogP contribution in [0.1, 0.15) is 11.7 Å². The molecule has 1 unspecified atom stereocenters. The Morgan fingerprint density at radius 2 is 1.84 bits per heavy atom. The number of rotatable bonds is 3. The molecule has 1 saturated heterocycles. The molecule has 4 N–H and O–H groups in total. The molecule has 0 bridgehead atoms. The van der Waals surface area contributed by atoms with Crippen molar-refractivity contribution in [1.82, 2.24) is 4.90 Å². The first kappa shape index (κ1) is 15.4. The molecule has 1 fully saturated rings. The van der Waals surface area contributed by atoms with E-state index in [1.807, 2.05) is 30.3 Å². The summed E-state index contributed by atoms with van der Waals surface area (Å²) in [6.07, 6.45) is -1.72. The van der Waals surface area contributed by atoms with Crippen molar-refractivity contribution in [2.75, 3.05) is 32.8 Å². The van der Waals surface area contributed by atoms with E-state index in [4.69, 9.17) is 14.6 Å². The molecule has 0 saturated carbocycles. The molecule has 1 aliphatic rings. The van der Waals surface area contributed by atoms with Gasteiger partial charge in [-0.3, -0.25) is 4.90 Å². The van der Waals surface area contributed by atoms with E-state index in [0.29, 0.717) is 6.54 Å². The van der Waals surface area contributed by atoms with Crippen LogP contribution in [0.3, 0.4) is 0 Å².